The summed E-state index contributed by atoms with van der Waals surface area (Å²) in [6.45, 7) is 2.01. The molecule has 3 aromatic carbocycles. The number of para-hydroxylation sites is 2. The molecule has 3 amide bonds. The fraction of sp³-hybridized carbons (Fsp3) is 0.179. The van der Waals surface area contributed by atoms with Gasteiger partial charge in [0.1, 0.15) is 12.1 Å². The summed E-state index contributed by atoms with van der Waals surface area (Å²) in [4.78, 5) is 46.6. The molecule has 1 fully saturated rings. The van der Waals surface area contributed by atoms with E-state index in [0.29, 0.717) is 6.42 Å². The molecule has 4 aromatic rings. The van der Waals surface area contributed by atoms with Crippen molar-refractivity contribution in [3.8, 4) is 0 Å². The summed E-state index contributed by atoms with van der Waals surface area (Å²) in [5.41, 5.74) is 5.33. The van der Waals surface area contributed by atoms with Crippen molar-refractivity contribution in [3.05, 3.63) is 101 Å². The molecule has 0 spiro atoms. The molecule has 1 aromatic heterocycles. The van der Waals surface area contributed by atoms with Crippen molar-refractivity contribution in [2.24, 2.45) is 0 Å². The SMILES string of the molecule is COC(=O)c1ccccc1N1C(=O)C2Cc3c([nH]c4ccccc34)C(c3cccc(C)c3)N2C1=O. The van der Waals surface area contributed by atoms with Crippen LogP contribution in [-0.4, -0.2) is 40.9 Å². The fourth-order valence-electron chi connectivity index (χ4n) is 5.43. The van der Waals surface area contributed by atoms with Crippen molar-refractivity contribution in [2.45, 2.75) is 25.4 Å². The Morgan fingerprint density at radius 2 is 1.77 bits per heavy atom. The van der Waals surface area contributed by atoms with Crippen LogP contribution in [0.25, 0.3) is 10.9 Å². The molecule has 0 bridgehead atoms. The second-order valence-corrected chi connectivity index (χ2v) is 8.97. The number of amides is 3. The van der Waals surface area contributed by atoms with Crippen molar-refractivity contribution in [1.29, 1.82) is 0 Å². The van der Waals surface area contributed by atoms with Gasteiger partial charge >= 0.3 is 12.0 Å². The summed E-state index contributed by atoms with van der Waals surface area (Å²) in [5, 5.41) is 1.05. The Kier molecular flexibility index (Phi) is 4.74. The van der Waals surface area contributed by atoms with Gasteiger partial charge < -0.3 is 9.72 Å². The lowest BCUT2D eigenvalue weighted by molar-refractivity contribution is -0.120. The average molecular weight is 466 g/mol. The molecule has 6 rings (SSSR count). The number of aromatic nitrogens is 1. The number of aryl methyl sites for hydroxylation is 1. The lowest BCUT2D eigenvalue weighted by Crippen LogP contribution is -2.44. The van der Waals surface area contributed by atoms with Crippen LogP contribution in [0.2, 0.25) is 0 Å². The number of urea groups is 1. The van der Waals surface area contributed by atoms with Crippen LogP contribution in [0.3, 0.4) is 0 Å². The highest BCUT2D eigenvalue weighted by Crippen LogP contribution is 2.45. The number of hydrogen-bond donors (Lipinski definition) is 1. The fourth-order valence-corrected chi connectivity index (χ4v) is 5.43. The number of methoxy groups -OCH3 is 1. The zero-order valence-corrected chi connectivity index (χ0v) is 19.3. The number of esters is 1. The molecule has 2 unspecified atom stereocenters. The van der Waals surface area contributed by atoms with Gasteiger partial charge in [-0.3, -0.25) is 9.69 Å². The molecular weight excluding hydrogens is 442 g/mol. The largest absolute Gasteiger partial charge is 0.465 e. The summed E-state index contributed by atoms with van der Waals surface area (Å²) >= 11 is 0. The van der Waals surface area contributed by atoms with Gasteiger partial charge in [-0.25, -0.2) is 14.5 Å². The van der Waals surface area contributed by atoms with Gasteiger partial charge in [-0.2, -0.15) is 0 Å². The molecule has 0 saturated carbocycles. The van der Waals surface area contributed by atoms with Crippen molar-refractivity contribution in [3.63, 3.8) is 0 Å². The van der Waals surface area contributed by atoms with Gasteiger partial charge in [0.05, 0.1) is 18.4 Å². The quantitative estimate of drug-likeness (QED) is 0.350. The van der Waals surface area contributed by atoms with Crippen LogP contribution in [0, 0.1) is 6.92 Å². The Hall–Kier alpha value is -4.39. The number of benzene rings is 3. The standard InChI is InChI=1S/C28H23N3O4/c1-16-8-7-9-17(14-16)25-24-20(18-10-3-5-12-21(18)29-24)15-23-26(32)31(28(34)30(23)25)22-13-6-4-11-19(22)27(33)35-2/h3-14,23,25,29H,15H2,1-2H3. The monoisotopic (exact) mass is 465 g/mol. The third kappa shape index (κ3) is 3.08. The van der Waals surface area contributed by atoms with Gasteiger partial charge in [-0.15, -0.1) is 0 Å². The summed E-state index contributed by atoms with van der Waals surface area (Å²) in [5.74, 6) is -0.947. The minimum absolute atomic E-state index is 0.174. The highest BCUT2D eigenvalue weighted by atomic mass is 16.5. The minimum atomic E-state index is -0.689. The van der Waals surface area contributed by atoms with E-state index in [2.05, 4.69) is 4.98 Å². The van der Waals surface area contributed by atoms with Crippen LogP contribution < -0.4 is 4.90 Å². The second kappa shape index (κ2) is 7.84. The molecule has 0 aliphatic carbocycles. The van der Waals surface area contributed by atoms with Crippen LogP contribution in [0.1, 0.15) is 38.8 Å². The number of anilines is 1. The molecular formula is C28H23N3O4. The summed E-state index contributed by atoms with van der Waals surface area (Å²) < 4.78 is 4.91. The van der Waals surface area contributed by atoms with Gasteiger partial charge in [-0.05, 0) is 36.2 Å². The van der Waals surface area contributed by atoms with E-state index in [1.807, 2.05) is 55.5 Å². The second-order valence-electron chi connectivity index (χ2n) is 8.97. The maximum atomic E-state index is 14.0. The number of fused-ring (bicyclic) bond motifs is 4. The topological polar surface area (TPSA) is 82.7 Å². The predicted molar refractivity (Wildman–Crippen MR) is 131 cm³/mol. The number of hydrogen-bond acceptors (Lipinski definition) is 4. The number of nitrogens with zero attached hydrogens (tertiary/aromatic N) is 2. The minimum Gasteiger partial charge on any atom is -0.465 e. The third-order valence-corrected chi connectivity index (χ3v) is 6.96. The first-order chi connectivity index (χ1) is 17.0. The number of rotatable bonds is 3. The number of imide groups is 1. The Balaban J connectivity index is 1.55. The first-order valence-electron chi connectivity index (χ1n) is 11.5. The van der Waals surface area contributed by atoms with Crippen LogP contribution in [0.4, 0.5) is 10.5 Å². The zero-order valence-electron chi connectivity index (χ0n) is 19.3. The van der Waals surface area contributed by atoms with E-state index >= 15 is 0 Å². The zero-order chi connectivity index (χ0) is 24.3. The number of H-pyrrole nitrogens is 1. The maximum absolute atomic E-state index is 14.0. The molecule has 174 valence electrons. The van der Waals surface area contributed by atoms with Crippen LogP contribution in [0.15, 0.2) is 72.8 Å². The first-order valence-corrected chi connectivity index (χ1v) is 11.5. The van der Waals surface area contributed by atoms with Crippen LogP contribution in [0.5, 0.6) is 0 Å². The van der Waals surface area contributed by atoms with Crippen molar-refractivity contribution in [2.75, 3.05) is 12.0 Å². The number of nitrogens with one attached hydrogen (secondary N) is 1. The molecule has 35 heavy (non-hydrogen) atoms. The molecule has 2 atom stereocenters. The Labute approximate surface area is 201 Å². The first kappa shape index (κ1) is 21.2. The van der Waals surface area contributed by atoms with Crippen LogP contribution in [-0.2, 0) is 16.0 Å². The van der Waals surface area contributed by atoms with E-state index in [0.717, 1.165) is 38.2 Å². The van der Waals surface area contributed by atoms with Gasteiger partial charge in [0.25, 0.3) is 5.91 Å². The van der Waals surface area contributed by atoms with Crippen molar-refractivity contribution >= 4 is 34.5 Å². The van der Waals surface area contributed by atoms with Gasteiger partial charge in [0, 0.05) is 23.0 Å². The molecule has 1 N–H and O–H groups in total. The van der Waals surface area contributed by atoms with Crippen molar-refractivity contribution < 1.29 is 19.1 Å². The smallest absolute Gasteiger partial charge is 0.339 e. The van der Waals surface area contributed by atoms with Gasteiger partial charge in [0.15, 0.2) is 0 Å². The number of aromatic amines is 1. The summed E-state index contributed by atoms with van der Waals surface area (Å²) in [6, 6.07) is 20.9. The van der Waals surface area contributed by atoms with E-state index in [1.54, 1.807) is 29.2 Å². The normalized spacial score (nSPS) is 19.1. The molecule has 7 nitrogen and oxygen atoms in total. The highest BCUT2D eigenvalue weighted by molar-refractivity contribution is 6.23. The molecule has 3 heterocycles. The van der Waals surface area contributed by atoms with E-state index < -0.39 is 24.1 Å². The summed E-state index contributed by atoms with van der Waals surface area (Å²) in [7, 11) is 1.28. The third-order valence-electron chi connectivity index (χ3n) is 6.96. The molecule has 7 heteroatoms. The van der Waals surface area contributed by atoms with E-state index in [-0.39, 0.29) is 17.2 Å². The summed E-state index contributed by atoms with van der Waals surface area (Å²) in [6.07, 6.45) is 0.392. The van der Waals surface area contributed by atoms with E-state index in [9.17, 15) is 14.4 Å². The molecule has 1 saturated heterocycles. The molecule has 0 radical (unpaired) electrons. The molecule has 2 aliphatic heterocycles. The van der Waals surface area contributed by atoms with Gasteiger partial charge in [0.2, 0.25) is 0 Å². The van der Waals surface area contributed by atoms with Crippen LogP contribution >= 0.6 is 0 Å². The number of carbonyl (C=O) groups excluding carboxylic acids is 3. The maximum Gasteiger partial charge on any atom is 0.339 e. The Bertz CT molecular complexity index is 1520. The number of ether oxygens (including phenoxy) is 1. The lowest BCUT2D eigenvalue weighted by atomic mass is 9.88. The highest BCUT2D eigenvalue weighted by Gasteiger charge is 2.53. The molecule has 2 aliphatic rings. The van der Waals surface area contributed by atoms with Gasteiger partial charge in [-0.1, -0.05) is 60.2 Å². The Morgan fingerprint density at radius 3 is 2.57 bits per heavy atom. The van der Waals surface area contributed by atoms with E-state index in [1.165, 1.54) is 7.11 Å². The Morgan fingerprint density at radius 1 is 1.00 bits per heavy atom. The lowest BCUT2D eigenvalue weighted by Gasteiger charge is -2.36. The average Bonchev–Trinajstić information content (AvgIpc) is 3.36. The van der Waals surface area contributed by atoms with E-state index in [4.69, 9.17) is 4.74 Å². The van der Waals surface area contributed by atoms with Crippen molar-refractivity contribution in [1.82, 2.24) is 9.88 Å². The number of carbonyl (C=O) groups is 3. The predicted octanol–water partition coefficient (Wildman–Crippen LogP) is 4.75.